The van der Waals surface area contributed by atoms with Crippen LogP contribution in [0.3, 0.4) is 0 Å². The Balaban J connectivity index is 2.69. The van der Waals surface area contributed by atoms with Gasteiger partial charge in [0.15, 0.2) is 0 Å². The van der Waals surface area contributed by atoms with E-state index >= 15 is 0 Å². The van der Waals surface area contributed by atoms with Crippen LogP contribution in [0.1, 0.15) is 26.7 Å². The van der Waals surface area contributed by atoms with Gasteiger partial charge in [-0.25, -0.2) is 4.79 Å². The Morgan fingerprint density at radius 1 is 1.44 bits per heavy atom. The third-order valence-electron chi connectivity index (χ3n) is 3.03. The summed E-state index contributed by atoms with van der Waals surface area (Å²) in [5.74, 6) is -0.901. The van der Waals surface area contributed by atoms with E-state index in [1.54, 1.807) is 9.80 Å². The van der Waals surface area contributed by atoms with Crippen LogP contribution < -0.4 is 0 Å². The van der Waals surface area contributed by atoms with Gasteiger partial charge in [0.1, 0.15) is 0 Å². The Bertz CT molecular complexity index is 296. The van der Waals surface area contributed by atoms with Crippen LogP contribution in [0.4, 0.5) is 4.79 Å². The number of aliphatic carboxylic acids is 1. The summed E-state index contributed by atoms with van der Waals surface area (Å²) in [6, 6.07) is -0.427. The van der Waals surface area contributed by atoms with Gasteiger partial charge < -0.3 is 19.6 Å². The summed E-state index contributed by atoms with van der Waals surface area (Å²) in [5, 5.41) is 8.86. The topological polar surface area (TPSA) is 70.1 Å². The molecule has 0 aromatic rings. The average molecular weight is 258 g/mol. The number of carboxylic acid groups (broad SMARTS) is 1. The first kappa shape index (κ1) is 14.8. The number of hydrogen-bond donors (Lipinski definition) is 1. The molecule has 1 atom stereocenters. The first-order chi connectivity index (χ1) is 8.60. The summed E-state index contributed by atoms with van der Waals surface area (Å²) in [6.07, 6.45) is 0.836. The number of carbonyl (C=O) groups is 2. The molecular formula is C12H22N2O4. The van der Waals surface area contributed by atoms with Gasteiger partial charge in [-0.2, -0.15) is 0 Å². The summed E-state index contributed by atoms with van der Waals surface area (Å²) in [4.78, 5) is 26.5. The smallest absolute Gasteiger partial charge is 0.320 e. The van der Waals surface area contributed by atoms with Crippen LogP contribution in [0.25, 0.3) is 0 Å². The van der Waals surface area contributed by atoms with Gasteiger partial charge >= 0.3 is 12.0 Å². The summed E-state index contributed by atoms with van der Waals surface area (Å²) in [5.41, 5.74) is 0. The molecule has 104 valence electrons. The number of rotatable bonds is 5. The highest BCUT2D eigenvalue weighted by Crippen LogP contribution is 2.13. The summed E-state index contributed by atoms with van der Waals surface area (Å²) < 4.78 is 5.26. The molecule has 0 spiro atoms. The molecule has 18 heavy (non-hydrogen) atoms. The van der Waals surface area contributed by atoms with E-state index in [2.05, 4.69) is 0 Å². The number of ether oxygens (including phenoxy) is 1. The Labute approximate surface area is 107 Å². The monoisotopic (exact) mass is 258 g/mol. The Kier molecular flexibility index (Phi) is 5.91. The number of nitrogens with zero attached hydrogens (tertiary/aromatic N) is 2. The molecule has 1 aliphatic heterocycles. The van der Waals surface area contributed by atoms with Crippen molar-refractivity contribution >= 4 is 12.0 Å². The van der Waals surface area contributed by atoms with E-state index < -0.39 is 5.97 Å². The standard InChI is InChI=1S/C12H22N2O4/c1-3-5-13(4-2)12(17)14-6-7-18-9-10(14)8-11(15)16/h10H,3-9H2,1-2H3,(H,15,16). The van der Waals surface area contributed by atoms with E-state index in [9.17, 15) is 9.59 Å². The highest BCUT2D eigenvalue weighted by atomic mass is 16.5. The summed E-state index contributed by atoms with van der Waals surface area (Å²) in [7, 11) is 0. The lowest BCUT2D eigenvalue weighted by molar-refractivity contribution is -0.139. The minimum atomic E-state index is -0.901. The largest absolute Gasteiger partial charge is 0.481 e. The molecule has 1 N–H and O–H groups in total. The van der Waals surface area contributed by atoms with Crippen molar-refractivity contribution < 1.29 is 19.4 Å². The predicted octanol–water partition coefficient (Wildman–Crippen LogP) is 1.01. The first-order valence-corrected chi connectivity index (χ1v) is 6.45. The Morgan fingerprint density at radius 3 is 2.72 bits per heavy atom. The van der Waals surface area contributed by atoms with Gasteiger partial charge in [-0.1, -0.05) is 6.92 Å². The molecular weight excluding hydrogens is 236 g/mol. The van der Waals surface area contributed by atoms with Crippen molar-refractivity contribution in [3.05, 3.63) is 0 Å². The van der Waals surface area contributed by atoms with Crippen LogP contribution in [0, 0.1) is 0 Å². The Morgan fingerprint density at radius 2 is 2.17 bits per heavy atom. The maximum Gasteiger partial charge on any atom is 0.320 e. The van der Waals surface area contributed by atoms with Crippen LogP contribution in [0.15, 0.2) is 0 Å². The van der Waals surface area contributed by atoms with Crippen molar-refractivity contribution in [3.8, 4) is 0 Å². The van der Waals surface area contributed by atoms with E-state index in [4.69, 9.17) is 9.84 Å². The molecule has 6 nitrogen and oxygen atoms in total. The highest BCUT2D eigenvalue weighted by molar-refractivity contribution is 5.76. The van der Waals surface area contributed by atoms with Crippen molar-refractivity contribution in [2.24, 2.45) is 0 Å². The van der Waals surface area contributed by atoms with Gasteiger partial charge in [-0.15, -0.1) is 0 Å². The zero-order valence-electron chi connectivity index (χ0n) is 11.1. The van der Waals surface area contributed by atoms with Gasteiger partial charge in [0, 0.05) is 19.6 Å². The van der Waals surface area contributed by atoms with Crippen molar-refractivity contribution in [2.45, 2.75) is 32.7 Å². The van der Waals surface area contributed by atoms with E-state index in [0.29, 0.717) is 32.8 Å². The lowest BCUT2D eigenvalue weighted by Crippen LogP contribution is -2.54. The van der Waals surface area contributed by atoms with E-state index in [1.807, 2.05) is 13.8 Å². The van der Waals surface area contributed by atoms with Gasteiger partial charge in [0.2, 0.25) is 0 Å². The molecule has 0 bridgehead atoms. The molecule has 0 aliphatic carbocycles. The second-order valence-electron chi connectivity index (χ2n) is 4.38. The molecule has 0 aromatic carbocycles. The zero-order valence-corrected chi connectivity index (χ0v) is 11.1. The number of morpholine rings is 1. The number of urea groups is 1. The third kappa shape index (κ3) is 3.87. The molecule has 2 amide bonds. The summed E-state index contributed by atoms with van der Waals surface area (Å²) >= 11 is 0. The maximum atomic E-state index is 12.3. The maximum absolute atomic E-state index is 12.3. The molecule has 0 aromatic heterocycles. The fourth-order valence-electron chi connectivity index (χ4n) is 2.12. The molecule has 6 heteroatoms. The lowest BCUT2D eigenvalue weighted by atomic mass is 10.1. The minimum Gasteiger partial charge on any atom is -0.481 e. The van der Waals surface area contributed by atoms with Crippen LogP contribution >= 0.6 is 0 Å². The van der Waals surface area contributed by atoms with Crippen molar-refractivity contribution in [3.63, 3.8) is 0 Å². The number of carboxylic acids is 1. The molecule has 1 saturated heterocycles. The molecule has 1 heterocycles. The fraction of sp³-hybridized carbons (Fsp3) is 0.833. The Hall–Kier alpha value is -1.30. The van der Waals surface area contributed by atoms with E-state index in [-0.39, 0.29) is 18.5 Å². The number of hydrogen-bond acceptors (Lipinski definition) is 3. The number of amides is 2. The average Bonchev–Trinajstić information content (AvgIpc) is 2.35. The lowest BCUT2D eigenvalue weighted by Gasteiger charge is -2.38. The van der Waals surface area contributed by atoms with Crippen LogP contribution in [-0.2, 0) is 9.53 Å². The molecule has 1 unspecified atom stereocenters. The van der Waals surface area contributed by atoms with Gasteiger partial charge in [0.05, 0.1) is 25.7 Å². The van der Waals surface area contributed by atoms with E-state index in [0.717, 1.165) is 6.42 Å². The third-order valence-corrected chi connectivity index (χ3v) is 3.03. The van der Waals surface area contributed by atoms with Gasteiger partial charge in [-0.3, -0.25) is 4.79 Å². The summed E-state index contributed by atoms with van der Waals surface area (Å²) in [6.45, 7) is 6.55. The minimum absolute atomic E-state index is 0.0601. The number of carbonyl (C=O) groups excluding carboxylic acids is 1. The van der Waals surface area contributed by atoms with Crippen LogP contribution in [-0.4, -0.2) is 65.8 Å². The van der Waals surface area contributed by atoms with Gasteiger partial charge in [-0.05, 0) is 13.3 Å². The molecule has 0 radical (unpaired) electrons. The second kappa shape index (κ2) is 7.20. The quantitative estimate of drug-likeness (QED) is 0.799. The molecule has 0 saturated carbocycles. The van der Waals surface area contributed by atoms with E-state index in [1.165, 1.54) is 0 Å². The predicted molar refractivity (Wildman–Crippen MR) is 66.5 cm³/mol. The SMILES string of the molecule is CCCN(CC)C(=O)N1CCOCC1CC(=O)O. The van der Waals surface area contributed by atoms with Crippen molar-refractivity contribution in [2.75, 3.05) is 32.8 Å². The fourth-order valence-corrected chi connectivity index (χ4v) is 2.12. The zero-order chi connectivity index (χ0) is 13.5. The molecule has 1 aliphatic rings. The molecule has 1 rings (SSSR count). The van der Waals surface area contributed by atoms with Crippen molar-refractivity contribution in [1.29, 1.82) is 0 Å². The molecule has 1 fully saturated rings. The first-order valence-electron chi connectivity index (χ1n) is 6.45. The highest BCUT2D eigenvalue weighted by Gasteiger charge is 2.31. The van der Waals surface area contributed by atoms with Crippen LogP contribution in [0.2, 0.25) is 0 Å². The van der Waals surface area contributed by atoms with Crippen LogP contribution in [0.5, 0.6) is 0 Å². The van der Waals surface area contributed by atoms with Gasteiger partial charge in [0.25, 0.3) is 0 Å². The van der Waals surface area contributed by atoms with Crippen molar-refractivity contribution in [1.82, 2.24) is 9.80 Å². The second-order valence-corrected chi connectivity index (χ2v) is 4.38. The normalized spacial score (nSPS) is 19.7.